The molecule has 4 heteroatoms. The molecule has 0 aliphatic heterocycles. The molecule has 0 amide bonds. The van der Waals surface area contributed by atoms with Crippen molar-refractivity contribution in [1.82, 2.24) is 9.97 Å². The molecule has 1 saturated carbocycles. The van der Waals surface area contributed by atoms with Crippen molar-refractivity contribution < 1.29 is 0 Å². The van der Waals surface area contributed by atoms with Crippen molar-refractivity contribution in [3.8, 4) is 0 Å². The van der Waals surface area contributed by atoms with Gasteiger partial charge in [-0.3, -0.25) is 0 Å². The van der Waals surface area contributed by atoms with E-state index in [1.807, 2.05) is 0 Å². The Morgan fingerprint density at radius 2 is 1.86 bits per heavy atom. The summed E-state index contributed by atoms with van der Waals surface area (Å²) in [4.78, 5) is 9.22. The number of anilines is 2. The van der Waals surface area contributed by atoms with Gasteiger partial charge in [-0.25, -0.2) is 4.98 Å². The van der Waals surface area contributed by atoms with Crippen molar-refractivity contribution in [1.29, 1.82) is 0 Å². The van der Waals surface area contributed by atoms with Crippen LogP contribution < -0.4 is 10.6 Å². The average Bonchev–Trinajstić information content (AvgIpc) is 3.30. The fraction of sp³-hybridized carbons (Fsp3) is 0.444. The summed E-state index contributed by atoms with van der Waals surface area (Å²) in [6.45, 7) is 7.09. The van der Waals surface area contributed by atoms with E-state index in [1.54, 1.807) is 0 Å². The largest absolute Gasteiger partial charge is 0.366 e. The van der Waals surface area contributed by atoms with E-state index in [0.29, 0.717) is 12.0 Å². The monoisotopic (exact) mass is 296 g/mol. The summed E-state index contributed by atoms with van der Waals surface area (Å²) < 4.78 is 0. The Bertz CT molecular complexity index is 630. The average molecular weight is 296 g/mol. The highest BCUT2D eigenvalue weighted by molar-refractivity contribution is 5.45. The fourth-order valence-corrected chi connectivity index (χ4v) is 2.37. The molecule has 1 aliphatic carbocycles. The minimum Gasteiger partial charge on any atom is -0.366 e. The van der Waals surface area contributed by atoms with E-state index >= 15 is 0 Å². The number of benzene rings is 1. The van der Waals surface area contributed by atoms with Crippen LogP contribution in [0.1, 0.15) is 49.4 Å². The Balaban J connectivity index is 1.73. The lowest BCUT2D eigenvalue weighted by Crippen LogP contribution is -2.14. The molecule has 0 spiro atoms. The lowest BCUT2D eigenvalue weighted by atomic mass is 10.1. The molecule has 3 rings (SSSR count). The highest BCUT2D eigenvalue weighted by Gasteiger charge is 2.26. The Kier molecular flexibility index (Phi) is 4.27. The summed E-state index contributed by atoms with van der Waals surface area (Å²) in [5.41, 5.74) is 3.70. The highest BCUT2D eigenvalue weighted by Crippen LogP contribution is 2.39. The van der Waals surface area contributed by atoms with Crippen LogP contribution in [-0.4, -0.2) is 16.0 Å². The highest BCUT2D eigenvalue weighted by atomic mass is 15.2. The number of aryl methyl sites for hydroxylation is 1. The van der Waals surface area contributed by atoms with Gasteiger partial charge in [0.05, 0.1) is 5.69 Å². The molecule has 1 aliphatic rings. The first-order valence-corrected chi connectivity index (χ1v) is 8.05. The molecule has 4 nitrogen and oxygen atoms in total. The normalized spacial score (nSPS) is 14.2. The number of aromatic nitrogens is 2. The van der Waals surface area contributed by atoms with Crippen molar-refractivity contribution in [3.63, 3.8) is 0 Å². The van der Waals surface area contributed by atoms with Gasteiger partial charge in [0, 0.05) is 24.6 Å². The summed E-state index contributed by atoms with van der Waals surface area (Å²) in [6.07, 6.45) is 2.49. The molecular formula is C18H24N4. The summed E-state index contributed by atoms with van der Waals surface area (Å²) >= 11 is 0. The molecule has 0 radical (unpaired) electrons. The molecule has 1 heterocycles. The van der Waals surface area contributed by atoms with Gasteiger partial charge in [0.1, 0.15) is 5.82 Å². The number of hydrogen-bond acceptors (Lipinski definition) is 4. The first-order valence-electron chi connectivity index (χ1n) is 8.05. The second kappa shape index (κ2) is 6.34. The minimum atomic E-state index is 0.333. The van der Waals surface area contributed by atoms with E-state index in [4.69, 9.17) is 0 Å². The molecule has 2 N–H and O–H groups in total. The molecule has 0 bridgehead atoms. The van der Waals surface area contributed by atoms with Crippen LogP contribution in [0.5, 0.6) is 0 Å². The molecule has 0 unspecified atom stereocenters. The van der Waals surface area contributed by atoms with E-state index in [1.165, 1.54) is 24.0 Å². The van der Waals surface area contributed by atoms with Crippen molar-refractivity contribution in [2.24, 2.45) is 0 Å². The van der Waals surface area contributed by atoms with Gasteiger partial charge in [0.2, 0.25) is 5.95 Å². The van der Waals surface area contributed by atoms with E-state index in [2.05, 4.69) is 71.7 Å². The van der Waals surface area contributed by atoms with Crippen LogP contribution in [-0.2, 0) is 6.54 Å². The van der Waals surface area contributed by atoms with Crippen molar-refractivity contribution in [2.45, 2.75) is 52.1 Å². The maximum Gasteiger partial charge on any atom is 0.225 e. The van der Waals surface area contributed by atoms with Gasteiger partial charge in [-0.15, -0.1) is 0 Å². The van der Waals surface area contributed by atoms with Crippen LogP contribution in [0.4, 0.5) is 11.8 Å². The molecule has 1 aromatic carbocycles. The first-order chi connectivity index (χ1) is 10.6. The molecule has 2 aromatic rings. The third-order valence-electron chi connectivity index (χ3n) is 3.75. The Morgan fingerprint density at radius 1 is 1.14 bits per heavy atom. The second-order valence-corrected chi connectivity index (χ2v) is 6.41. The summed E-state index contributed by atoms with van der Waals surface area (Å²) in [6, 6.07) is 11.0. The lowest BCUT2D eigenvalue weighted by molar-refractivity contribution is 0.862. The van der Waals surface area contributed by atoms with Gasteiger partial charge in [0.25, 0.3) is 0 Å². The van der Waals surface area contributed by atoms with Crippen LogP contribution in [0.15, 0.2) is 30.3 Å². The zero-order chi connectivity index (χ0) is 15.5. The van der Waals surface area contributed by atoms with E-state index < -0.39 is 0 Å². The molecular weight excluding hydrogens is 272 g/mol. The summed E-state index contributed by atoms with van der Waals surface area (Å²) in [5.74, 6) is 2.25. The maximum atomic E-state index is 4.64. The van der Waals surface area contributed by atoms with Gasteiger partial charge in [-0.2, -0.15) is 4.98 Å². The minimum absolute atomic E-state index is 0.333. The molecule has 1 fully saturated rings. The predicted molar refractivity (Wildman–Crippen MR) is 91.3 cm³/mol. The molecule has 22 heavy (non-hydrogen) atoms. The van der Waals surface area contributed by atoms with Gasteiger partial charge < -0.3 is 10.6 Å². The van der Waals surface area contributed by atoms with Crippen molar-refractivity contribution >= 4 is 11.8 Å². The zero-order valence-corrected chi connectivity index (χ0v) is 13.6. The topological polar surface area (TPSA) is 49.8 Å². The number of hydrogen-bond donors (Lipinski definition) is 2. The van der Waals surface area contributed by atoms with Crippen LogP contribution in [0.25, 0.3) is 0 Å². The maximum absolute atomic E-state index is 4.64. The molecule has 116 valence electrons. The van der Waals surface area contributed by atoms with Crippen molar-refractivity contribution in [2.75, 3.05) is 10.6 Å². The van der Waals surface area contributed by atoms with Crippen molar-refractivity contribution in [3.05, 3.63) is 47.2 Å². The number of rotatable bonds is 6. The zero-order valence-electron chi connectivity index (χ0n) is 13.6. The molecule has 0 saturated heterocycles. The predicted octanol–water partition coefficient (Wildman–Crippen LogP) is 4.09. The first kappa shape index (κ1) is 14.8. The smallest absolute Gasteiger partial charge is 0.225 e. The summed E-state index contributed by atoms with van der Waals surface area (Å²) in [7, 11) is 0. The van der Waals surface area contributed by atoms with Gasteiger partial charge in [0.15, 0.2) is 0 Å². The quantitative estimate of drug-likeness (QED) is 0.843. The fourth-order valence-electron chi connectivity index (χ4n) is 2.37. The van der Waals surface area contributed by atoms with E-state index in [0.717, 1.165) is 24.0 Å². The van der Waals surface area contributed by atoms with E-state index in [9.17, 15) is 0 Å². The Hall–Kier alpha value is -2.10. The second-order valence-electron chi connectivity index (χ2n) is 6.41. The van der Waals surface area contributed by atoms with E-state index in [-0.39, 0.29) is 0 Å². The van der Waals surface area contributed by atoms with Gasteiger partial charge in [-0.1, -0.05) is 29.8 Å². The SMILES string of the molecule is Cc1ccc(CNc2cc(C3CC3)nc(NC(C)C)n2)cc1. The van der Waals surface area contributed by atoms with Crippen LogP contribution in [0.2, 0.25) is 0 Å². The third-order valence-corrected chi connectivity index (χ3v) is 3.75. The summed E-state index contributed by atoms with van der Waals surface area (Å²) in [5, 5.41) is 6.74. The number of nitrogens with one attached hydrogen (secondary N) is 2. The Labute approximate surface area is 132 Å². The lowest BCUT2D eigenvalue weighted by Gasteiger charge is -2.13. The number of nitrogens with zero attached hydrogens (tertiary/aromatic N) is 2. The van der Waals surface area contributed by atoms with Gasteiger partial charge >= 0.3 is 0 Å². The van der Waals surface area contributed by atoms with Crippen LogP contribution in [0.3, 0.4) is 0 Å². The van der Waals surface area contributed by atoms with Gasteiger partial charge in [-0.05, 0) is 39.2 Å². The third kappa shape index (κ3) is 3.97. The molecule has 0 atom stereocenters. The van der Waals surface area contributed by atoms with Crippen LogP contribution >= 0.6 is 0 Å². The van der Waals surface area contributed by atoms with Crippen LogP contribution in [0, 0.1) is 6.92 Å². The Morgan fingerprint density at radius 3 is 2.50 bits per heavy atom. The standard InChI is InChI=1S/C18H24N4/c1-12(2)20-18-21-16(15-8-9-15)10-17(22-18)19-11-14-6-4-13(3)5-7-14/h4-7,10,12,15H,8-9,11H2,1-3H3,(H2,19,20,21,22). The molecule has 1 aromatic heterocycles.